The van der Waals surface area contributed by atoms with Crippen molar-refractivity contribution in [3.05, 3.63) is 12.2 Å². The number of hydrogen-bond donors (Lipinski definition) is 1. The van der Waals surface area contributed by atoms with E-state index in [1.165, 1.54) is 0 Å². The number of carbonyl (C=O) groups is 4. The van der Waals surface area contributed by atoms with Crippen LogP contribution in [0, 0.1) is 5.92 Å². The fraction of sp³-hybridized carbons (Fsp3) is 0.647. The number of carbonyl (C=O) groups excluding carboxylic acids is 4. The summed E-state index contributed by atoms with van der Waals surface area (Å²) in [6.07, 6.45) is 6.73. The molecular weight excluding hydrogens is 312 g/mol. The summed E-state index contributed by atoms with van der Waals surface area (Å²) >= 11 is 0. The molecule has 7 heteroatoms. The second-order valence-corrected chi connectivity index (χ2v) is 6.12. The van der Waals surface area contributed by atoms with Crippen molar-refractivity contribution in [1.82, 2.24) is 10.2 Å². The monoisotopic (exact) mass is 336 g/mol. The predicted octanol–water partition coefficient (Wildman–Crippen LogP) is 0.584. The van der Waals surface area contributed by atoms with Gasteiger partial charge in [-0.1, -0.05) is 0 Å². The van der Waals surface area contributed by atoms with E-state index >= 15 is 0 Å². The van der Waals surface area contributed by atoms with Gasteiger partial charge in [-0.2, -0.15) is 0 Å². The Hall–Kier alpha value is -2.18. The van der Waals surface area contributed by atoms with Crippen LogP contribution >= 0.6 is 0 Å². The van der Waals surface area contributed by atoms with Crippen molar-refractivity contribution >= 4 is 23.6 Å². The van der Waals surface area contributed by atoms with Crippen LogP contribution in [0.1, 0.15) is 38.5 Å². The SMILES string of the molecule is O=C(C=CC(=O)OCCN1CCCC1=O)NCCC1CCCC1=O. The van der Waals surface area contributed by atoms with Crippen LogP contribution in [0.15, 0.2) is 12.2 Å². The lowest BCUT2D eigenvalue weighted by molar-refractivity contribution is -0.140. The Labute approximate surface area is 141 Å². The highest BCUT2D eigenvalue weighted by atomic mass is 16.5. The molecule has 7 nitrogen and oxygen atoms in total. The molecule has 2 fully saturated rings. The molecule has 1 saturated heterocycles. The fourth-order valence-corrected chi connectivity index (χ4v) is 3.01. The summed E-state index contributed by atoms with van der Waals surface area (Å²) in [6, 6.07) is 0. The largest absolute Gasteiger partial charge is 0.461 e. The Kier molecular flexibility index (Phi) is 6.96. The summed E-state index contributed by atoms with van der Waals surface area (Å²) in [5.41, 5.74) is 0. The molecule has 2 aliphatic rings. The van der Waals surface area contributed by atoms with Crippen LogP contribution in [0.25, 0.3) is 0 Å². The normalized spacial score (nSPS) is 20.8. The third-order valence-electron chi connectivity index (χ3n) is 4.37. The molecule has 0 bridgehead atoms. The van der Waals surface area contributed by atoms with Gasteiger partial charge in [-0.15, -0.1) is 0 Å². The number of ether oxygens (including phenoxy) is 1. The van der Waals surface area contributed by atoms with Gasteiger partial charge in [0.25, 0.3) is 0 Å². The lowest BCUT2D eigenvalue weighted by Crippen LogP contribution is -2.29. The van der Waals surface area contributed by atoms with Crippen molar-refractivity contribution in [2.45, 2.75) is 38.5 Å². The first-order chi connectivity index (χ1) is 11.6. The maximum atomic E-state index is 11.6. The first-order valence-corrected chi connectivity index (χ1v) is 8.49. The predicted molar refractivity (Wildman–Crippen MR) is 85.9 cm³/mol. The van der Waals surface area contributed by atoms with Gasteiger partial charge in [0.15, 0.2) is 0 Å². The standard InChI is InChI=1S/C17H24N2O5/c20-14-4-1-3-13(14)8-9-18-15(21)6-7-17(23)24-12-11-19-10-2-5-16(19)22/h6-7,13H,1-5,8-12H2,(H,18,21). The zero-order valence-corrected chi connectivity index (χ0v) is 13.8. The molecule has 0 aromatic heterocycles. The van der Waals surface area contributed by atoms with Crippen molar-refractivity contribution < 1.29 is 23.9 Å². The number of amides is 2. The highest BCUT2D eigenvalue weighted by molar-refractivity contribution is 5.94. The molecule has 2 rings (SSSR count). The summed E-state index contributed by atoms with van der Waals surface area (Å²) in [4.78, 5) is 47.6. The van der Waals surface area contributed by atoms with E-state index in [2.05, 4.69) is 5.32 Å². The van der Waals surface area contributed by atoms with E-state index in [4.69, 9.17) is 4.74 Å². The third kappa shape index (κ3) is 5.79. The van der Waals surface area contributed by atoms with Crippen LogP contribution in [-0.2, 0) is 23.9 Å². The summed E-state index contributed by atoms with van der Waals surface area (Å²) < 4.78 is 4.96. The second-order valence-electron chi connectivity index (χ2n) is 6.12. The average molecular weight is 336 g/mol. The third-order valence-corrected chi connectivity index (χ3v) is 4.37. The first kappa shape index (κ1) is 18.2. The molecule has 132 valence electrons. The van der Waals surface area contributed by atoms with Gasteiger partial charge in [-0.25, -0.2) is 4.79 Å². The number of hydrogen-bond acceptors (Lipinski definition) is 5. The molecule has 24 heavy (non-hydrogen) atoms. The van der Waals surface area contributed by atoms with Crippen LogP contribution in [0.3, 0.4) is 0 Å². The number of Topliss-reactive ketones (excluding diaryl/α,β-unsaturated/α-hetero) is 1. The van der Waals surface area contributed by atoms with Crippen molar-refractivity contribution in [2.75, 3.05) is 26.2 Å². The topological polar surface area (TPSA) is 92.8 Å². The minimum absolute atomic E-state index is 0.0625. The maximum Gasteiger partial charge on any atom is 0.331 e. The Bertz CT molecular complexity index is 483. The van der Waals surface area contributed by atoms with E-state index in [9.17, 15) is 19.2 Å². The Balaban J connectivity index is 1.55. The van der Waals surface area contributed by atoms with Gasteiger partial charge in [-0.05, 0) is 25.7 Å². The molecule has 1 unspecified atom stereocenters. The van der Waals surface area contributed by atoms with Crippen molar-refractivity contribution in [1.29, 1.82) is 0 Å². The van der Waals surface area contributed by atoms with Gasteiger partial charge < -0.3 is 15.0 Å². The number of likely N-dealkylation sites (tertiary alicyclic amines) is 1. The van der Waals surface area contributed by atoms with Crippen molar-refractivity contribution in [2.24, 2.45) is 5.92 Å². The van der Waals surface area contributed by atoms with Gasteiger partial charge >= 0.3 is 5.97 Å². The minimum atomic E-state index is -0.609. The molecule has 2 amide bonds. The van der Waals surface area contributed by atoms with E-state index in [0.29, 0.717) is 38.9 Å². The summed E-state index contributed by atoms with van der Waals surface area (Å²) in [6.45, 7) is 1.64. The Morgan fingerprint density at radius 2 is 2.04 bits per heavy atom. The van der Waals surface area contributed by atoms with E-state index in [0.717, 1.165) is 31.4 Å². The molecule has 0 aromatic carbocycles. The molecule has 1 aliphatic carbocycles. The van der Waals surface area contributed by atoms with Crippen LogP contribution in [0.2, 0.25) is 0 Å². The fourth-order valence-electron chi connectivity index (χ4n) is 3.01. The van der Waals surface area contributed by atoms with Crippen LogP contribution in [-0.4, -0.2) is 54.7 Å². The van der Waals surface area contributed by atoms with E-state index < -0.39 is 5.97 Å². The molecule has 0 spiro atoms. The zero-order valence-electron chi connectivity index (χ0n) is 13.8. The van der Waals surface area contributed by atoms with Gasteiger partial charge in [0.05, 0.1) is 6.54 Å². The average Bonchev–Trinajstić information content (AvgIpc) is 3.14. The van der Waals surface area contributed by atoms with Gasteiger partial charge in [0.1, 0.15) is 12.4 Å². The van der Waals surface area contributed by atoms with E-state index in [1.807, 2.05) is 0 Å². The lowest BCUT2D eigenvalue weighted by atomic mass is 10.0. The summed E-state index contributed by atoms with van der Waals surface area (Å²) in [5, 5.41) is 2.65. The molecule has 1 heterocycles. The van der Waals surface area contributed by atoms with Gasteiger partial charge in [0, 0.05) is 44.0 Å². The Morgan fingerprint density at radius 1 is 1.21 bits per heavy atom. The highest BCUT2D eigenvalue weighted by Crippen LogP contribution is 2.23. The number of esters is 1. The zero-order chi connectivity index (χ0) is 17.4. The number of ketones is 1. The molecule has 1 atom stereocenters. The van der Waals surface area contributed by atoms with Crippen LogP contribution in [0.4, 0.5) is 0 Å². The molecular formula is C17H24N2O5. The number of rotatable bonds is 8. The minimum Gasteiger partial charge on any atom is -0.461 e. The van der Waals surface area contributed by atoms with Crippen LogP contribution < -0.4 is 5.32 Å². The molecule has 0 radical (unpaired) electrons. The van der Waals surface area contributed by atoms with Crippen molar-refractivity contribution in [3.8, 4) is 0 Å². The maximum absolute atomic E-state index is 11.6. The van der Waals surface area contributed by atoms with Crippen LogP contribution in [0.5, 0.6) is 0 Å². The van der Waals surface area contributed by atoms with E-state index in [-0.39, 0.29) is 30.1 Å². The summed E-state index contributed by atoms with van der Waals surface area (Å²) in [7, 11) is 0. The Morgan fingerprint density at radius 3 is 2.71 bits per heavy atom. The number of nitrogens with one attached hydrogen (secondary N) is 1. The molecule has 1 N–H and O–H groups in total. The number of nitrogens with zero attached hydrogens (tertiary/aromatic N) is 1. The van der Waals surface area contributed by atoms with Gasteiger partial charge in [0.2, 0.25) is 11.8 Å². The van der Waals surface area contributed by atoms with Gasteiger partial charge in [-0.3, -0.25) is 14.4 Å². The smallest absolute Gasteiger partial charge is 0.331 e. The molecule has 0 aromatic rings. The highest BCUT2D eigenvalue weighted by Gasteiger charge is 2.23. The lowest BCUT2D eigenvalue weighted by Gasteiger charge is -2.14. The van der Waals surface area contributed by atoms with E-state index in [1.54, 1.807) is 4.90 Å². The quantitative estimate of drug-likeness (QED) is 0.517. The molecule has 1 saturated carbocycles. The second kappa shape index (κ2) is 9.20. The van der Waals surface area contributed by atoms with Crippen molar-refractivity contribution in [3.63, 3.8) is 0 Å². The first-order valence-electron chi connectivity index (χ1n) is 8.49. The molecule has 1 aliphatic heterocycles. The summed E-state index contributed by atoms with van der Waals surface area (Å²) in [5.74, 6) is -0.566.